The molecule has 0 amide bonds. The van der Waals surface area contributed by atoms with Gasteiger partial charge in [-0.15, -0.1) is 0 Å². The van der Waals surface area contributed by atoms with Crippen LogP contribution in [0, 0.1) is 0 Å². The van der Waals surface area contributed by atoms with E-state index in [1.807, 2.05) is 11.8 Å². The van der Waals surface area contributed by atoms with Crippen LogP contribution >= 0.6 is 0 Å². The lowest BCUT2D eigenvalue weighted by atomic mass is 10.1. The number of nitrogens with one attached hydrogen (secondary N) is 1. The van der Waals surface area contributed by atoms with Gasteiger partial charge < -0.3 is 10.0 Å². The zero-order chi connectivity index (χ0) is 17.7. The molecule has 1 aromatic carbocycles. The molecule has 24 heavy (non-hydrogen) atoms. The van der Waals surface area contributed by atoms with E-state index >= 15 is 0 Å². The smallest absolute Gasteiger partial charge is 0.337 e. The summed E-state index contributed by atoms with van der Waals surface area (Å²) in [7, 11) is -3.72. The summed E-state index contributed by atoms with van der Waals surface area (Å²) in [5, 5.41) is 9.51. The van der Waals surface area contributed by atoms with E-state index in [0.29, 0.717) is 5.69 Å². The van der Waals surface area contributed by atoms with Crippen molar-refractivity contribution in [1.82, 2.24) is 4.72 Å². The molecular formula is C17H26N2O4S. The number of hydrogen-bond donors (Lipinski definition) is 2. The molecule has 0 aromatic heterocycles. The number of hydrogen-bond acceptors (Lipinski definition) is 4. The molecule has 0 saturated carbocycles. The molecule has 1 saturated heterocycles. The number of sulfonamides is 1. The molecule has 134 valence electrons. The lowest BCUT2D eigenvalue weighted by molar-refractivity contribution is 0.0697. The van der Waals surface area contributed by atoms with Crippen LogP contribution in [0.25, 0.3) is 0 Å². The molecule has 1 aliphatic rings. The second-order valence-electron chi connectivity index (χ2n) is 6.34. The fourth-order valence-electron chi connectivity index (χ4n) is 3.09. The first-order valence-electron chi connectivity index (χ1n) is 8.49. The summed E-state index contributed by atoms with van der Waals surface area (Å²) >= 11 is 0. The van der Waals surface area contributed by atoms with Gasteiger partial charge in [-0.05, 0) is 50.8 Å². The molecule has 6 nitrogen and oxygen atoms in total. The molecule has 1 fully saturated rings. The first-order valence-corrected chi connectivity index (χ1v) is 9.98. The third-order valence-corrected chi connectivity index (χ3v) is 5.87. The summed E-state index contributed by atoms with van der Waals surface area (Å²) in [4.78, 5) is 13.7. The number of aromatic carboxylic acids is 1. The Kier molecular flexibility index (Phi) is 6.23. The lowest BCUT2D eigenvalue weighted by Crippen LogP contribution is -2.33. The summed E-state index contributed by atoms with van der Waals surface area (Å²) in [6.07, 6.45) is 4.80. The highest BCUT2D eigenvalue weighted by atomic mass is 32.2. The zero-order valence-corrected chi connectivity index (χ0v) is 15.1. The molecule has 2 N–H and O–H groups in total. The van der Waals surface area contributed by atoms with E-state index in [0.717, 1.165) is 45.2 Å². The first-order chi connectivity index (χ1) is 11.3. The minimum Gasteiger partial charge on any atom is -0.478 e. The van der Waals surface area contributed by atoms with Gasteiger partial charge in [-0.25, -0.2) is 17.9 Å². The van der Waals surface area contributed by atoms with Crippen LogP contribution in [0.3, 0.4) is 0 Å². The topological polar surface area (TPSA) is 86.7 Å². The van der Waals surface area contributed by atoms with Gasteiger partial charge >= 0.3 is 5.97 Å². The molecule has 1 aliphatic heterocycles. The highest BCUT2D eigenvalue weighted by Crippen LogP contribution is 2.27. The number of rotatable bonds is 7. The van der Waals surface area contributed by atoms with Gasteiger partial charge in [-0.2, -0.15) is 0 Å². The molecule has 1 aromatic rings. The monoisotopic (exact) mass is 354 g/mol. The van der Waals surface area contributed by atoms with E-state index in [2.05, 4.69) is 4.72 Å². The van der Waals surface area contributed by atoms with Gasteiger partial charge in [-0.1, -0.05) is 13.3 Å². The van der Waals surface area contributed by atoms with Crippen LogP contribution in [0.1, 0.15) is 56.3 Å². The van der Waals surface area contributed by atoms with E-state index in [4.69, 9.17) is 0 Å². The van der Waals surface area contributed by atoms with Crippen molar-refractivity contribution in [1.29, 1.82) is 0 Å². The van der Waals surface area contributed by atoms with Crippen molar-refractivity contribution in [3.8, 4) is 0 Å². The summed E-state index contributed by atoms with van der Waals surface area (Å²) in [5.74, 6) is -1.10. The Bertz CT molecular complexity index is 682. The zero-order valence-electron chi connectivity index (χ0n) is 14.3. The number of carbonyl (C=O) groups is 1. The Balaban J connectivity index is 2.32. The van der Waals surface area contributed by atoms with Crippen molar-refractivity contribution < 1.29 is 18.3 Å². The third-order valence-electron chi connectivity index (χ3n) is 4.28. The predicted molar refractivity (Wildman–Crippen MR) is 94.2 cm³/mol. The number of carboxylic acid groups (broad SMARTS) is 1. The highest BCUT2D eigenvalue weighted by Gasteiger charge is 2.23. The van der Waals surface area contributed by atoms with E-state index in [1.54, 1.807) is 13.0 Å². The number of benzene rings is 1. The molecule has 2 rings (SSSR count). The Morgan fingerprint density at radius 2 is 1.96 bits per heavy atom. The van der Waals surface area contributed by atoms with Crippen LogP contribution in [0.5, 0.6) is 0 Å². The van der Waals surface area contributed by atoms with Gasteiger partial charge in [-0.3, -0.25) is 0 Å². The Morgan fingerprint density at radius 1 is 1.29 bits per heavy atom. The maximum atomic E-state index is 12.5. The van der Waals surface area contributed by atoms with Gasteiger partial charge in [0.05, 0.1) is 16.1 Å². The molecule has 1 atom stereocenters. The number of carboxylic acids is 1. The van der Waals surface area contributed by atoms with Crippen LogP contribution < -0.4 is 9.62 Å². The predicted octanol–water partition coefficient (Wildman–Crippen LogP) is 2.84. The molecule has 7 heteroatoms. The van der Waals surface area contributed by atoms with Crippen LogP contribution in [0.15, 0.2) is 23.1 Å². The van der Waals surface area contributed by atoms with Crippen molar-refractivity contribution >= 4 is 21.7 Å². The van der Waals surface area contributed by atoms with Crippen molar-refractivity contribution in [2.75, 3.05) is 18.0 Å². The van der Waals surface area contributed by atoms with Gasteiger partial charge in [0.1, 0.15) is 0 Å². The SMILES string of the molecule is CCC[C@@H](C)NS(=O)(=O)c1ccc(N2CCCCC2)c(C(=O)O)c1. The Labute approximate surface area is 143 Å². The Morgan fingerprint density at radius 3 is 2.54 bits per heavy atom. The average Bonchev–Trinajstić information content (AvgIpc) is 2.54. The minimum absolute atomic E-state index is 0.00334. The van der Waals surface area contributed by atoms with E-state index in [1.165, 1.54) is 12.1 Å². The fourth-order valence-corrected chi connectivity index (χ4v) is 4.39. The largest absolute Gasteiger partial charge is 0.478 e. The summed E-state index contributed by atoms with van der Waals surface area (Å²) in [6.45, 7) is 5.40. The van der Waals surface area contributed by atoms with Crippen LogP contribution in [-0.4, -0.2) is 38.6 Å². The molecule has 0 radical (unpaired) electrons. The standard InChI is InChI=1S/C17H26N2O4S/c1-3-7-13(2)18-24(22,23)14-8-9-16(15(12-14)17(20)21)19-10-5-4-6-11-19/h8-9,12-13,18H,3-7,10-11H2,1-2H3,(H,20,21)/t13-/m1/s1. The number of piperidine rings is 1. The molecule has 0 aliphatic carbocycles. The Hall–Kier alpha value is -1.60. The summed E-state index contributed by atoms with van der Waals surface area (Å²) < 4.78 is 27.5. The highest BCUT2D eigenvalue weighted by molar-refractivity contribution is 7.89. The van der Waals surface area contributed by atoms with Gasteiger partial charge in [0.25, 0.3) is 0 Å². The quantitative estimate of drug-likeness (QED) is 0.786. The molecule has 0 bridgehead atoms. The minimum atomic E-state index is -3.72. The first kappa shape index (κ1) is 18.7. The normalized spacial score (nSPS) is 16.8. The summed E-state index contributed by atoms with van der Waals surface area (Å²) in [6, 6.07) is 4.20. The maximum absolute atomic E-state index is 12.5. The van der Waals surface area contributed by atoms with Gasteiger partial charge in [0.2, 0.25) is 10.0 Å². The second-order valence-corrected chi connectivity index (χ2v) is 8.06. The van der Waals surface area contributed by atoms with Crippen LogP contribution in [-0.2, 0) is 10.0 Å². The number of nitrogens with zero attached hydrogens (tertiary/aromatic N) is 1. The van der Waals surface area contributed by atoms with E-state index in [-0.39, 0.29) is 16.5 Å². The van der Waals surface area contributed by atoms with E-state index < -0.39 is 16.0 Å². The molecule has 0 spiro atoms. The van der Waals surface area contributed by atoms with Crippen molar-refractivity contribution in [2.45, 2.75) is 56.9 Å². The second kappa shape index (κ2) is 7.98. The number of anilines is 1. The van der Waals surface area contributed by atoms with Gasteiger partial charge in [0.15, 0.2) is 0 Å². The van der Waals surface area contributed by atoms with E-state index in [9.17, 15) is 18.3 Å². The third kappa shape index (κ3) is 4.48. The molecular weight excluding hydrogens is 328 g/mol. The lowest BCUT2D eigenvalue weighted by Gasteiger charge is -2.30. The van der Waals surface area contributed by atoms with Crippen molar-refractivity contribution in [3.63, 3.8) is 0 Å². The van der Waals surface area contributed by atoms with Crippen LogP contribution in [0.2, 0.25) is 0 Å². The average molecular weight is 354 g/mol. The summed E-state index contributed by atoms with van der Waals surface area (Å²) in [5.41, 5.74) is 0.644. The molecule has 1 heterocycles. The molecule has 0 unspecified atom stereocenters. The van der Waals surface area contributed by atoms with Crippen LogP contribution in [0.4, 0.5) is 5.69 Å². The van der Waals surface area contributed by atoms with Crippen molar-refractivity contribution in [2.24, 2.45) is 0 Å². The fraction of sp³-hybridized carbons (Fsp3) is 0.588. The van der Waals surface area contributed by atoms with Gasteiger partial charge in [0, 0.05) is 19.1 Å². The van der Waals surface area contributed by atoms with Crippen molar-refractivity contribution in [3.05, 3.63) is 23.8 Å². The maximum Gasteiger partial charge on any atom is 0.337 e.